The van der Waals surface area contributed by atoms with Gasteiger partial charge in [0, 0.05) is 13.0 Å². The van der Waals surface area contributed by atoms with E-state index in [1.807, 2.05) is 13.8 Å². The largest absolute Gasteiger partial charge is 0.368 e. The van der Waals surface area contributed by atoms with Crippen molar-refractivity contribution in [2.75, 3.05) is 13.1 Å². The van der Waals surface area contributed by atoms with E-state index in [0.717, 1.165) is 32.2 Å². The molecular formula is C17H35N5O3+2. The van der Waals surface area contributed by atoms with E-state index in [2.05, 4.69) is 16.8 Å². The number of primary amides is 1. The topological polar surface area (TPSA) is 148 Å². The van der Waals surface area contributed by atoms with Gasteiger partial charge in [0.2, 0.25) is 11.8 Å². The van der Waals surface area contributed by atoms with Crippen molar-refractivity contribution in [2.45, 2.75) is 70.5 Å². The van der Waals surface area contributed by atoms with Gasteiger partial charge in [0.05, 0.1) is 6.54 Å². The van der Waals surface area contributed by atoms with E-state index in [4.69, 9.17) is 5.73 Å². The van der Waals surface area contributed by atoms with Crippen molar-refractivity contribution < 1.29 is 25.9 Å². The van der Waals surface area contributed by atoms with Crippen LogP contribution in [0.4, 0.5) is 0 Å². The molecule has 3 amide bonds. The lowest BCUT2D eigenvalue weighted by Crippen LogP contribution is -2.69. The van der Waals surface area contributed by atoms with Gasteiger partial charge in [0.15, 0.2) is 6.04 Å². The molecule has 25 heavy (non-hydrogen) atoms. The number of nitrogens with two attached hydrogens (primary N) is 1. The molecule has 1 fully saturated rings. The third-order valence-electron chi connectivity index (χ3n) is 5.06. The molecule has 0 unspecified atom stereocenters. The number of quaternary nitrogens is 2. The molecule has 0 aromatic heterocycles. The SMILES string of the molecule is CC[C@H](C)[C@H](NC(=O)[C@@H]1CCCN1C(=O)[C@@H]([NH3+])CCCC[NH3+])C(N)=O. The summed E-state index contributed by atoms with van der Waals surface area (Å²) in [6, 6.07) is -1.58. The average Bonchev–Trinajstić information content (AvgIpc) is 3.07. The van der Waals surface area contributed by atoms with Crippen LogP contribution >= 0.6 is 0 Å². The first-order valence-electron chi connectivity index (χ1n) is 9.35. The Morgan fingerprint density at radius 3 is 2.56 bits per heavy atom. The fourth-order valence-electron chi connectivity index (χ4n) is 3.21. The van der Waals surface area contributed by atoms with Crippen molar-refractivity contribution in [3.05, 3.63) is 0 Å². The first-order chi connectivity index (χ1) is 11.8. The minimum atomic E-state index is -0.706. The lowest BCUT2D eigenvalue weighted by Gasteiger charge is -2.28. The molecule has 1 aliphatic rings. The fourth-order valence-corrected chi connectivity index (χ4v) is 3.21. The number of nitrogens with one attached hydrogen (secondary N) is 1. The number of amides is 3. The zero-order valence-corrected chi connectivity index (χ0v) is 15.6. The Morgan fingerprint density at radius 1 is 1.32 bits per heavy atom. The Labute approximate surface area is 149 Å². The van der Waals surface area contributed by atoms with Gasteiger partial charge in [-0.25, -0.2) is 0 Å². The molecule has 0 radical (unpaired) electrons. The molecule has 8 nitrogen and oxygen atoms in total. The average molecular weight is 357 g/mol. The van der Waals surface area contributed by atoms with Crippen molar-refractivity contribution in [3.63, 3.8) is 0 Å². The van der Waals surface area contributed by atoms with Gasteiger partial charge in [-0.1, -0.05) is 20.3 Å². The summed E-state index contributed by atoms with van der Waals surface area (Å²) in [4.78, 5) is 38.5. The molecule has 0 saturated carbocycles. The Morgan fingerprint density at radius 2 is 2.00 bits per heavy atom. The Hall–Kier alpha value is -1.67. The Kier molecular flexibility index (Phi) is 8.85. The molecule has 0 aliphatic carbocycles. The van der Waals surface area contributed by atoms with Crippen molar-refractivity contribution in [1.82, 2.24) is 10.2 Å². The summed E-state index contributed by atoms with van der Waals surface area (Å²) in [6.07, 6.45) is 4.70. The van der Waals surface area contributed by atoms with Gasteiger partial charge in [0.25, 0.3) is 5.91 Å². The number of nitrogens with zero attached hydrogens (tertiary/aromatic N) is 1. The van der Waals surface area contributed by atoms with E-state index < -0.39 is 18.0 Å². The normalized spacial score (nSPS) is 20.8. The maximum absolute atomic E-state index is 12.6. The minimum Gasteiger partial charge on any atom is -0.368 e. The van der Waals surface area contributed by atoms with Crippen LogP contribution in [0.5, 0.6) is 0 Å². The summed E-state index contributed by atoms with van der Waals surface area (Å²) in [6.45, 7) is 5.22. The number of likely N-dealkylation sites (tertiary alicyclic amines) is 1. The summed E-state index contributed by atoms with van der Waals surface area (Å²) < 4.78 is 0. The van der Waals surface area contributed by atoms with E-state index >= 15 is 0 Å². The third kappa shape index (κ3) is 5.97. The first-order valence-corrected chi connectivity index (χ1v) is 9.35. The molecular weight excluding hydrogens is 322 g/mol. The van der Waals surface area contributed by atoms with Crippen molar-refractivity contribution in [1.29, 1.82) is 0 Å². The van der Waals surface area contributed by atoms with Gasteiger partial charge >= 0.3 is 0 Å². The van der Waals surface area contributed by atoms with Crippen molar-refractivity contribution in [3.8, 4) is 0 Å². The molecule has 1 rings (SSSR count). The molecule has 144 valence electrons. The van der Waals surface area contributed by atoms with Gasteiger partial charge in [0.1, 0.15) is 12.1 Å². The van der Waals surface area contributed by atoms with E-state index in [1.54, 1.807) is 4.90 Å². The summed E-state index contributed by atoms with van der Waals surface area (Å²) in [5, 5.41) is 2.75. The maximum Gasteiger partial charge on any atom is 0.281 e. The number of rotatable bonds is 10. The second-order valence-corrected chi connectivity index (χ2v) is 7.01. The van der Waals surface area contributed by atoms with Gasteiger partial charge < -0.3 is 27.4 Å². The number of hydrogen-bond acceptors (Lipinski definition) is 3. The molecule has 0 spiro atoms. The fraction of sp³-hybridized carbons (Fsp3) is 0.824. The van der Waals surface area contributed by atoms with Crippen LogP contribution in [0.15, 0.2) is 0 Å². The van der Waals surface area contributed by atoms with E-state index in [0.29, 0.717) is 19.4 Å². The predicted molar refractivity (Wildman–Crippen MR) is 93.6 cm³/mol. The standard InChI is InChI=1S/C17H33N5O3/c1-3-11(2)14(15(20)23)21-16(24)13-8-6-10-22(13)17(25)12(19)7-4-5-9-18/h11-14H,3-10,18-19H2,1-2H3,(H2,20,23)(H,21,24)/p+2/t11-,12-,13-,14-/m0/s1. The highest BCUT2D eigenvalue weighted by Gasteiger charge is 2.38. The molecule has 1 aliphatic heterocycles. The minimum absolute atomic E-state index is 0.0461. The summed E-state index contributed by atoms with van der Waals surface area (Å²) >= 11 is 0. The number of unbranched alkanes of at least 4 members (excludes halogenated alkanes) is 1. The molecule has 0 aromatic carbocycles. The van der Waals surface area contributed by atoms with Crippen LogP contribution in [0.2, 0.25) is 0 Å². The van der Waals surface area contributed by atoms with Crippen LogP contribution in [0.25, 0.3) is 0 Å². The zero-order chi connectivity index (χ0) is 19.0. The molecule has 1 saturated heterocycles. The van der Waals surface area contributed by atoms with Crippen LogP contribution in [-0.2, 0) is 14.4 Å². The summed E-state index contributed by atoms with van der Waals surface area (Å²) in [5.74, 6) is -0.960. The molecule has 8 heteroatoms. The molecule has 0 aromatic rings. The number of carbonyl (C=O) groups is 3. The van der Waals surface area contributed by atoms with Gasteiger partial charge in [-0.2, -0.15) is 0 Å². The maximum atomic E-state index is 12.6. The summed E-state index contributed by atoms with van der Waals surface area (Å²) in [5.41, 5.74) is 13.2. The van der Waals surface area contributed by atoms with Crippen molar-refractivity contribution >= 4 is 17.7 Å². The van der Waals surface area contributed by atoms with Crippen LogP contribution < -0.4 is 22.5 Å². The first kappa shape index (κ1) is 21.4. The highest BCUT2D eigenvalue weighted by molar-refractivity contribution is 5.92. The second kappa shape index (κ2) is 10.4. The van der Waals surface area contributed by atoms with Crippen LogP contribution in [0.1, 0.15) is 52.4 Å². The molecule has 4 atom stereocenters. The quantitative estimate of drug-likeness (QED) is 0.336. The summed E-state index contributed by atoms with van der Waals surface area (Å²) in [7, 11) is 0. The molecule has 0 bridgehead atoms. The van der Waals surface area contributed by atoms with Gasteiger partial charge in [-0.05, 0) is 31.6 Å². The highest BCUT2D eigenvalue weighted by Crippen LogP contribution is 2.20. The lowest BCUT2D eigenvalue weighted by molar-refractivity contribution is -0.408. The predicted octanol–water partition coefficient (Wildman–Crippen LogP) is -1.98. The van der Waals surface area contributed by atoms with E-state index in [9.17, 15) is 14.4 Å². The third-order valence-corrected chi connectivity index (χ3v) is 5.06. The number of carbonyl (C=O) groups excluding carboxylic acids is 3. The monoisotopic (exact) mass is 357 g/mol. The number of hydrogen-bond donors (Lipinski definition) is 4. The zero-order valence-electron chi connectivity index (χ0n) is 15.6. The highest BCUT2D eigenvalue weighted by atomic mass is 16.2. The second-order valence-electron chi connectivity index (χ2n) is 7.01. The van der Waals surface area contributed by atoms with Crippen LogP contribution in [0, 0.1) is 5.92 Å². The van der Waals surface area contributed by atoms with Gasteiger partial charge in [-0.15, -0.1) is 0 Å². The van der Waals surface area contributed by atoms with Crippen LogP contribution in [0.3, 0.4) is 0 Å². The van der Waals surface area contributed by atoms with E-state index in [1.165, 1.54) is 0 Å². The Bertz CT molecular complexity index is 471. The Balaban J connectivity index is 2.70. The molecule has 1 heterocycles. The van der Waals surface area contributed by atoms with E-state index in [-0.39, 0.29) is 23.8 Å². The van der Waals surface area contributed by atoms with Crippen LogP contribution in [-0.4, -0.2) is 53.8 Å². The smallest absolute Gasteiger partial charge is 0.281 e. The lowest BCUT2D eigenvalue weighted by atomic mass is 9.98. The van der Waals surface area contributed by atoms with Gasteiger partial charge in [-0.3, -0.25) is 14.4 Å². The van der Waals surface area contributed by atoms with Crippen molar-refractivity contribution in [2.24, 2.45) is 11.7 Å². The molecule has 9 N–H and O–H groups in total.